The number of aromatic nitrogens is 2. The van der Waals surface area contributed by atoms with Gasteiger partial charge in [0.15, 0.2) is 11.5 Å². The van der Waals surface area contributed by atoms with Gasteiger partial charge in [-0.1, -0.05) is 29.8 Å². The number of nitrogens with zero attached hydrogens (tertiary/aromatic N) is 3. The Morgan fingerprint density at radius 3 is 2.45 bits per heavy atom. The van der Waals surface area contributed by atoms with Crippen LogP contribution < -0.4 is 9.47 Å². The summed E-state index contributed by atoms with van der Waals surface area (Å²) >= 11 is 6.46. The van der Waals surface area contributed by atoms with Gasteiger partial charge in [0.25, 0.3) is 5.91 Å². The first-order chi connectivity index (χ1) is 15.7. The lowest BCUT2D eigenvalue weighted by Gasteiger charge is -2.19. The molecule has 0 aliphatic rings. The van der Waals surface area contributed by atoms with Gasteiger partial charge in [0.05, 0.1) is 24.4 Å². The molecule has 0 fully saturated rings. The molecule has 0 N–H and O–H groups in total. The Morgan fingerprint density at radius 2 is 1.82 bits per heavy atom. The fraction of sp³-hybridized carbons (Fsp3) is 0.304. The number of alkyl halides is 2. The molecule has 0 radical (unpaired) electrons. The van der Waals surface area contributed by atoms with E-state index in [1.165, 1.54) is 27.8 Å². The molecule has 0 atom stereocenters. The minimum absolute atomic E-state index is 0.0782. The summed E-state index contributed by atoms with van der Waals surface area (Å²) in [5, 5.41) is 4.52. The van der Waals surface area contributed by atoms with E-state index in [1.807, 2.05) is 0 Å². The van der Waals surface area contributed by atoms with E-state index in [2.05, 4.69) is 9.84 Å². The number of hydrogen-bond acceptors (Lipinski definition) is 4. The van der Waals surface area contributed by atoms with Crippen LogP contribution in [0.15, 0.2) is 42.5 Å². The van der Waals surface area contributed by atoms with Crippen LogP contribution in [0.5, 0.6) is 11.5 Å². The van der Waals surface area contributed by atoms with E-state index in [4.69, 9.17) is 16.3 Å². The van der Waals surface area contributed by atoms with Crippen molar-refractivity contribution in [3.05, 3.63) is 75.8 Å². The first kappa shape index (κ1) is 24.4. The molecule has 1 amide bonds. The third-order valence-electron chi connectivity index (χ3n) is 4.82. The summed E-state index contributed by atoms with van der Waals surface area (Å²) in [7, 11) is 1.60. The summed E-state index contributed by atoms with van der Waals surface area (Å²) in [5.74, 6) is -0.614. The Kier molecular flexibility index (Phi) is 7.86. The summed E-state index contributed by atoms with van der Waals surface area (Å²) < 4.78 is 49.7. The number of amides is 1. The zero-order valence-electron chi connectivity index (χ0n) is 18.3. The van der Waals surface area contributed by atoms with Gasteiger partial charge in [0, 0.05) is 13.6 Å². The smallest absolute Gasteiger partial charge is 0.387 e. The number of benzene rings is 2. The summed E-state index contributed by atoms with van der Waals surface area (Å²) in [6, 6.07) is 10.4. The molecule has 0 aliphatic heterocycles. The van der Waals surface area contributed by atoms with Gasteiger partial charge in [-0.05, 0) is 49.2 Å². The molecule has 3 rings (SSSR count). The van der Waals surface area contributed by atoms with Crippen molar-refractivity contribution in [2.45, 2.75) is 33.5 Å². The SMILES string of the molecule is CCOc1cc(CN(C)C(=O)c2c(C)nn(Cc3ccc(F)cc3)c2Cl)ccc1OC(F)F. The van der Waals surface area contributed by atoms with Crippen LogP contribution in [0.1, 0.15) is 34.1 Å². The van der Waals surface area contributed by atoms with E-state index in [-0.39, 0.29) is 53.6 Å². The average molecular weight is 482 g/mol. The second kappa shape index (κ2) is 10.6. The van der Waals surface area contributed by atoms with Gasteiger partial charge in [-0.25, -0.2) is 9.07 Å². The maximum atomic E-state index is 13.1. The van der Waals surface area contributed by atoms with Gasteiger partial charge in [-0.15, -0.1) is 0 Å². The van der Waals surface area contributed by atoms with Crippen molar-refractivity contribution < 1.29 is 27.4 Å². The molecule has 3 aromatic rings. The standard InChI is InChI=1S/C23H23ClF3N3O3/c1-4-32-19-11-16(7-10-18(19)33-23(26)27)12-29(3)22(31)20-14(2)28-30(21(20)24)13-15-5-8-17(25)9-6-15/h5-11,23H,4,12-13H2,1-3H3. The highest BCUT2D eigenvalue weighted by molar-refractivity contribution is 6.33. The zero-order valence-corrected chi connectivity index (χ0v) is 19.1. The quantitative estimate of drug-likeness (QED) is 0.416. The first-order valence-corrected chi connectivity index (χ1v) is 10.5. The molecule has 176 valence electrons. The molecular formula is C23H23ClF3N3O3. The van der Waals surface area contributed by atoms with Crippen LogP contribution in [0, 0.1) is 12.7 Å². The molecule has 10 heteroatoms. The van der Waals surface area contributed by atoms with Crippen LogP contribution in [0.4, 0.5) is 13.2 Å². The van der Waals surface area contributed by atoms with E-state index < -0.39 is 6.61 Å². The minimum Gasteiger partial charge on any atom is -0.490 e. The largest absolute Gasteiger partial charge is 0.490 e. The van der Waals surface area contributed by atoms with E-state index >= 15 is 0 Å². The predicted octanol–water partition coefficient (Wildman–Crippen LogP) is 5.30. The number of hydrogen-bond donors (Lipinski definition) is 0. The summed E-state index contributed by atoms with van der Waals surface area (Å²) in [5.41, 5.74) is 2.14. The minimum atomic E-state index is -2.98. The number of rotatable bonds is 9. The van der Waals surface area contributed by atoms with E-state index in [0.29, 0.717) is 11.3 Å². The number of carbonyl (C=O) groups excluding carboxylic acids is 1. The lowest BCUT2D eigenvalue weighted by atomic mass is 10.1. The normalized spacial score (nSPS) is 11.0. The fourth-order valence-electron chi connectivity index (χ4n) is 3.31. The molecular weight excluding hydrogens is 459 g/mol. The van der Waals surface area contributed by atoms with Crippen LogP contribution in [0.25, 0.3) is 0 Å². The molecule has 0 unspecified atom stereocenters. The molecule has 0 aliphatic carbocycles. The van der Waals surface area contributed by atoms with Crippen LogP contribution in [0.3, 0.4) is 0 Å². The summed E-state index contributed by atoms with van der Waals surface area (Å²) in [4.78, 5) is 14.5. The number of carbonyl (C=O) groups is 1. The molecule has 6 nitrogen and oxygen atoms in total. The number of ether oxygens (including phenoxy) is 2. The van der Waals surface area contributed by atoms with Crippen LogP contribution in [0.2, 0.25) is 5.15 Å². The van der Waals surface area contributed by atoms with Gasteiger partial charge in [-0.3, -0.25) is 4.79 Å². The maximum absolute atomic E-state index is 13.1. The van der Waals surface area contributed by atoms with Gasteiger partial charge >= 0.3 is 6.61 Å². The van der Waals surface area contributed by atoms with Gasteiger partial charge < -0.3 is 14.4 Å². The Labute approximate surface area is 194 Å². The highest BCUT2D eigenvalue weighted by atomic mass is 35.5. The van der Waals surface area contributed by atoms with Crippen LogP contribution in [-0.4, -0.2) is 40.9 Å². The molecule has 0 saturated heterocycles. The monoisotopic (exact) mass is 481 g/mol. The van der Waals surface area contributed by atoms with Gasteiger partial charge in [0.2, 0.25) is 0 Å². The third-order valence-corrected chi connectivity index (χ3v) is 5.20. The molecule has 1 aromatic heterocycles. The molecule has 33 heavy (non-hydrogen) atoms. The summed E-state index contributed by atoms with van der Waals surface area (Å²) in [6.07, 6.45) is 0. The highest BCUT2D eigenvalue weighted by Gasteiger charge is 2.24. The lowest BCUT2D eigenvalue weighted by molar-refractivity contribution is -0.0514. The fourth-order valence-corrected chi connectivity index (χ4v) is 3.63. The van der Waals surface area contributed by atoms with Crippen molar-refractivity contribution in [2.75, 3.05) is 13.7 Å². The molecule has 0 saturated carbocycles. The van der Waals surface area contributed by atoms with Gasteiger partial charge in [-0.2, -0.15) is 13.9 Å². The first-order valence-electron chi connectivity index (χ1n) is 10.1. The Morgan fingerprint density at radius 1 is 1.15 bits per heavy atom. The predicted molar refractivity (Wildman–Crippen MR) is 118 cm³/mol. The van der Waals surface area contributed by atoms with E-state index in [0.717, 1.165) is 5.56 Å². The number of aryl methyl sites for hydroxylation is 1. The molecule has 2 aromatic carbocycles. The Balaban J connectivity index is 1.78. The van der Waals surface area contributed by atoms with Crippen molar-refractivity contribution in [1.29, 1.82) is 0 Å². The third kappa shape index (κ3) is 5.98. The summed E-state index contributed by atoms with van der Waals surface area (Å²) in [6.45, 7) is 1.14. The van der Waals surface area contributed by atoms with Crippen molar-refractivity contribution >= 4 is 17.5 Å². The van der Waals surface area contributed by atoms with Crippen molar-refractivity contribution in [2.24, 2.45) is 0 Å². The van der Waals surface area contributed by atoms with Crippen molar-refractivity contribution in [3.8, 4) is 11.5 Å². The molecule has 0 spiro atoms. The van der Waals surface area contributed by atoms with Crippen molar-refractivity contribution in [1.82, 2.24) is 14.7 Å². The Bertz CT molecular complexity index is 1120. The maximum Gasteiger partial charge on any atom is 0.387 e. The molecule has 0 bridgehead atoms. The van der Waals surface area contributed by atoms with Crippen LogP contribution in [-0.2, 0) is 13.1 Å². The number of halogens is 4. The van der Waals surface area contributed by atoms with E-state index in [9.17, 15) is 18.0 Å². The topological polar surface area (TPSA) is 56.6 Å². The van der Waals surface area contributed by atoms with Crippen LogP contribution >= 0.6 is 11.6 Å². The second-order valence-corrected chi connectivity index (χ2v) is 7.65. The zero-order chi connectivity index (χ0) is 24.1. The highest BCUT2D eigenvalue weighted by Crippen LogP contribution is 2.31. The van der Waals surface area contributed by atoms with Gasteiger partial charge in [0.1, 0.15) is 11.0 Å². The second-order valence-electron chi connectivity index (χ2n) is 7.29. The average Bonchev–Trinajstić information content (AvgIpc) is 3.03. The molecule has 1 heterocycles. The Hall–Kier alpha value is -3.20. The van der Waals surface area contributed by atoms with E-state index in [1.54, 1.807) is 45.2 Å². The lowest BCUT2D eigenvalue weighted by Crippen LogP contribution is -2.27. The van der Waals surface area contributed by atoms with Crippen molar-refractivity contribution in [3.63, 3.8) is 0 Å².